The minimum absolute atomic E-state index is 0.120. The predicted molar refractivity (Wildman–Crippen MR) is 126 cm³/mol. The third-order valence-electron chi connectivity index (χ3n) is 5.89. The van der Waals surface area contributed by atoms with Gasteiger partial charge in [-0.2, -0.15) is 5.10 Å². The number of piperazine rings is 1. The van der Waals surface area contributed by atoms with Gasteiger partial charge in [-0.05, 0) is 36.4 Å². The third-order valence-corrected chi connectivity index (χ3v) is 5.89. The first-order valence-electron chi connectivity index (χ1n) is 11.1. The Balaban J connectivity index is 1.42. The lowest BCUT2D eigenvalue weighted by atomic mass is 10.1. The molecule has 2 aromatic carbocycles. The van der Waals surface area contributed by atoms with Crippen LogP contribution in [0.5, 0.6) is 5.75 Å². The number of nitrogens with zero attached hydrogens (tertiary/aromatic N) is 4. The number of hydrogen-bond acceptors (Lipinski definition) is 5. The van der Waals surface area contributed by atoms with Crippen LogP contribution in [0.15, 0.2) is 83.6 Å². The number of ether oxygens (including phenoxy) is 1. The van der Waals surface area contributed by atoms with E-state index >= 15 is 0 Å². The molecule has 8 nitrogen and oxygen atoms in total. The number of para-hydroxylation sites is 1. The van der Waals surface area contributed by atoms with E-state index in [1.807, 2.05) is 54.6 Å². The van der Waals surface area contributed by atoms with Crippen molar-refractivity contribution in [1.82, 2.24) is 19.6 Å². The summed E-state index contributed by atoms with van der Waals surface area (Å²) in [4.78, 5) is 29.7. The summed E-state index contributed by atoms with van der Waals surface area (Å²) in [7, 11) is 1.61. The van der Waals surface area contributed by atoms with Crippen molar-refractivity contribution in [2.75, 3.05) is 33.3 Å². The molecule has 5 rings (SSSR count). The highest BCUT2D eigenvalue weighted by atomic mass is 16.5. The highest BCUT2D eigenvalue weighted by molar-refractivity contribution is 6.00. The monoisotopic (exact) mass is 456 g/mol. The van der Waals surface area contributed by atoms with E-state index in [0.29, 0.717) is 48.9 Å². The van der Waals surface area contributed by atoms with Crippen LogP contribution in [0.3, 0.4) is 0 Å². The molecule has 0 unspecified atom stereocenters. The van der Waals surface area contributed by atoms with Crippen molar-refractivity contribution in [3.63, 3.8) is 0 Å². The molecule has 0 saturated carbocycles. The van der Waals surface area contributed by atoms with Gasteiger partial charge in [0.25, 0.3) is 11.8 Å². The minimum Gasteiger partial charge on any atom is -0.497 e. The zero-order valence-electron chi connectivity index (χ0n) is 18.8. The van der Waals surface area contributed by atoms with E-state index in [2.05, 4.69) is 0 Å². The van der Waals surface area contributed by atoms with Crippen LogP contribution < -0.4 is 4.74 Å². The van der Waals surface area contributed by atoms with E-state index in [1.54, 1.807) is 39.9 Å². The molecule has 0 spiro atoms. The number of methoxy groups -OCH3 is 1. The maximum Gasteiger partial charge on any atom is 0.289 e. The van der Waals surface area contributed by atoms with E-state index in [1.165, 1.54) is 6.26 Å². The molecule has 3 heterocycles. The molecule has 0 aliphatic carbocycles. The van der Waals surface area contributed by atoms with Crippen LogP contribution in [0.2, 0.25) is 0 Å². The second kappa shape index (κ2) is 9.27. The van der Waals surface area contributed by atoms with Gasteiger partial charge in [0.2, 0.25) is 0 Å². The number of furan rings is 1. The van der Waals surface area contributed by atoms with Crippen LogP contribution in [0.1, 0.15) is 20.9 Å². The fraction of sp³-hybridized carbons (Fsp3) is 0.192. The van der Waals surface area contributed by atoms with Crippen molar-refractivity contribution < 1.29 is 18.7 Å². The predicted octanol–water partition coefficient (Wildman–Crippen LogP) is 3.74. The van der Waals surface area contributed by atoms with Crippen LogP contribution in [0.4, 0.5) is 0 Å². The maximum atomic E-state index is 13.6. The second-order valence-electron chi connectivity index (χ2n) is 7.97. The van der Waals surface area contributed by atoms with Gasteiger partial charge in [-0.25, -0.2) is 4.68 Å². The number of amides is 2. The number of aromatic nitrogens is 2. The van der Waals surface area contributed by atoms with E-state index in [4.69, 9.17) is 14.3 Å². The number of carbonyl (C=O) groups is 2. The molecule has 4 aromatic rings. The van der Waals surface area contributed by atoms with Gasteiger partial charge in [-0.1, -0.05) is 30.3 Å². The molecular formula is C26H24N4O4. The summed E-state index contributed by atoms with van der Waals surface area (Å²) in [5.74, 6) is 0.718. The topological polar surface area (TPSA) is 80.8 Å². The number of hydrogen-bond donors (Lipinski definition) is 0. The van der Waals surface area contributed by atoms with Gasteiger partial charge in [0.05, 0.1) is 24.6 Å². The van der Waals surface area contributed by atoms with Gasteiger partial charge >= 0.3 is 0 Å². The maximum absolute atomic E-state index is 13.6. The Labute approximate surface area is 197 Å². The molecule has 2 amide bonds. The normalized spacial score (nSPS) is 13.7. The molecule has 1 aliphatic heterocycles. The van der Waals surface area contributed by atoms with Gasteiger partial charge in [0.1, 0.15) is 11.4 Å². The molecular weight excluding hydrogens is 432 g/mol. The van der Waals surface area contributed by atoms with Crippen molar-refractivity contribution >= 4 is 11.8 Å². The summed E-state index contributed by atoms with van der Waals surface area (Å²) in [5, 5.41) is 4.76. The van der Waals surface area contributed by atoms with Gasteiger partial charge in [-0.15, -0.1) is 0 Å². The SMILES string of the molecule is COc1cccc(-c2nn(-c3ccccc3)cc2C(=O)N2CCN(C(=O)c3ccco3)CC2)c1. The number of carbonyl (C=O) groups excluding carboxylic acids is 2. The third kappa shape index (κ3) is 4.17. The first kappa shape index (κ1) is 21.5. The first-order valence-corrected chi connectivity index (χ1v) is 11.1. The van der Waals surface area contributed by atoms with Crippen LogP contribution in [-0.2, 0) is 0 Å². The van der Waals surface area contributed by atoms with E-state index < -0.39 is 0 Å². The molecule has 0 N–H and O–H groups in total. The number of rotatable bonds is 5. The van der Waals surface area contributed by atoms with Crippen molar-refractivity contribution in [2.45, 2.75) is 0 Å². The molecule has 1 aliphatic rings. The Morgan fingerprint density at radius 2 is 1.62 bits per heavy atom. The van der Waals surface area contributed by atoms with Crippen molar-refractivity contribution in [3.8, 4) is 22.7 Å². The van der Waals surface area contributed by atoms with E-state index in [-0.39, 0.29) is 11.8 Å². The smallest absolute Gasteiger partial charge is 0.289 e. The average Bonchev–Trinajstić information content (AvgIpc) is 3.59. The number of benzene rings is 2. The van der Waals surface area contributed by atoms with Crippen LogP contribution in [0, 0.1) is 0 Å². The first-order chi connectivity index (χ1) is 16.6. The fourth-order valence-corrected chi connectivity index (χ4v) is 4.07. The zero-order chi connectivity index (χ0) is 23.5. The Hall–Kier alpha value is -4.33. The fourth-order valence-electron chi connectivity index (χ4n) is 4.07. The van der Waals surface area contributed by atoms with E-state index in [9.17, 15) is 9.59 Å². The van der Waals surface area contributed by atoms with Gasteiger partial charge in [0, 0.05) is 37.9 Å². The molecule has 8 heteroatoms. The van der Waals surface area contributed by atoms with Crippen LogP contribution >= 0.6 is 0 Å². The van der Waals surface area contributed by atoms with Crippen molar-refractivity contribution in [1.29, 1.82) is 0 Å². The molecule has 1 fully saturated rings. The molecule has 2 aromatic heterocycles. The standard InChI is InChI=1S/C26H24N4O4/c1-33-21-10-5-7-19(17-21)24-22(18-30(27-24)20-8-3-2-4-9-20)25(31)28-12-14-29(15-13-28)26(32)23-11-6-16-34-23/h2-11,16-18H,12-15H2,1H3. The highest BCUT2D eigenvalue weighted by Crippen LogP contribution is 2.28. The van der Waals surface area contributed by atoms with Gasteiger partial charge in [0.15, 0.2) is 5.76 Å². The summed E-state index contributed by atoms with van der Waals surface area (Å²) < 4.78 is 12.3. The summed E-state index contributed by atoms with van der Waals surface area (Å²) in [5.41, 5.74) is 2.74. The van der Waals surface area contributed by atoms with Crippen LogP contribution in [-0.4, -0.2) is 64.7 Å². The molecule has 0 bridgehead atoms. The Kier molecular flexibility index (Phi) is 5.86. The lowest BCUT2D eigenvalue weighted by Crippen LogP contribution is -2.50. The molecule has 172 valence electrons. The Bertz CT molecular complexity index is 1290. The Morgan fingerprint density at radius 1 is 0.882 bits per heavy atom. The van der Waals surface area contributed by atoms with E-state index in [0.717, 1.165) is 11.3 Å². The van der Waals surface area contributed by atoms with Crippen LogP contribution in [0.25, 0.3) is 16.9 Å². The summed E-state index contributed by atoms with van der Waals surface area (Å²) in [6.07, 6.45) is 3.25. The molecule has 0 radical (unpaired) electrons. The minimum atomic E-state index is -0.161. The quantitative estimate of drug-likeness (QED) is 0.457. The molecule has 0 atom stereocenters. The van der Waals surface area contributed by atoms with Crippen molar-refractivity contribution in [3.05, 3.63) is 90.5 Å². The van der Waals surface area contributed by atoms with Gasteiger partial charge < -0.3 is 19.0 Å². The molecule has 1 saturated heterocycles. The lowest BCUT2D eigenvalue weighted by molar-refractivity contribution is 0.0518. The summed E-state index contributed by atoms with van der Waals surface area (Å²) in [6.45, 7) is 1.73. The Morgan fingerprint density at radius 3 is 2.29 bits per heavy atom. The second-order valence-corrected chi connectivity index (χ2v) is 7.97. The lowest BCUT2D eigenvalue weighted by Gasteiger charge is -2.34. The van der Waals surface area contributed by atoms with Gasteiger partial charge in [-0.3, -0.25) is 9.59 Å². The summed E-state index contributed by atoms with van der Waals surface area (Å²) in [6, 6.07) is 20.5. The highest BCUT2D eigenvalue weighted by Gasteiger charge is 2.29. The average molecular weight is 457 g/mol. The zero-order valence-corrected chi connectivity index (χ0v) is 18.8. The molecule has 34 heavy (non-hydrogen) atoms. The van der Waals surface area contributed by atoms with Crippen molar-refractivity contribution in [2.24, 2.45) is 0 Å². The largest absolute Gasteiger partial charge is 0.497 e. The summed E-state index contributed by atoms with van der Waals surface area (Å²) >= 11 is 0.